The number of hydrogen-bond acceptors (Lipinski definition) is 5. The Bertz CT molecular complexity index is 1130. The van der Waals surface area contributed by atoms with Crippen molar-refractivity contribution in [1.29, 1.82) is 0 Å². The molecule has 0 bridgehead atoms. The number of fused-ring (bicyclic) bond motifs is 1. The molecule has 6 nitrogen and oxygen atoms in total. The minimum absolute atomic E-state index is 0.0821. The SMILES string of the molecule is O=C(COc1cccc2ccccc12)N1CCN(S(=O)(=O)c2ccc(Cl)s2)CC1. The number of ether oxygens (including phenoxy) is 1. The Morgan fingerprint density at radius 1 is 1.00 bits per heavy atom. The van der Waals surface area contributed by atoms with Gasteiger partial charge >= 0.3 is 0 Å². The summed E-state index contributed by atoms with van der Waals surface area (Å²) in [5.74, 6) is 0.501. The molecule has 2 heterocycles. The number of amides is 1. The van der Waals surface area contributed by atoms with Gasteiger partial charge in [-0.25, -0.2) is 8.42 Å². The van der Waals surface area contributed by atoms with Gasteiger partial charge in [0.15, 0.2) is 6.61 Å². The molecule has 1 fully saturated rings. The first-order chi connectivity index (χ1) is 13.9. The van der Waals surface area contributed by atoms with Crippen molar-refractivity contribution in [2.45, 2.75) is 4.21 Å². The largest absolute Gasteiger partial charge is 0.483 e. The van der Waals surface area contributed by atoms with Crippen LogP contribution in [0, 0.1) is 0 Å². The van der Waals surface area contributed by atoms with E-state index in [1.165, 1.54) is 10.4 Å². The van der Waals surface area contributed by atoms with Crippen molar-refractivity contribution >= 4 is 49.6 Å². The molecule has 1 amide bonds. The first kappa shape index (κ1) is 20.2. The maximum atomic E-state index is 12.7. The Morgan fingerprint density at radius 2 is 1.72 bits per heavy atom. The van der Waals surface area contributed by atoms with Gasteiger partial charge < -0.3 is 9.64 Å². The Kier molecular flexibility index (Phi) is 5.78. The summed E-state index contributed by atoms with van der Waals surface area (Å²) in [7, 11) is -3.57. The van der Waals surface area contributed by atoms with Gasteiger partial charge in [0.2, 0.25) is 0 Å². The van der Waals surface area contributed by atoms with Crippen molar-refractivity contribution in [2.75, 3.05) is 32.8 Å². The number of carbonyl (C=O) groups is 1. The lowest BCUT2D eigenvalue weighted by atomic mass is 10.1. The van der Waals surface area contributed by atoms with Gasteiger partial charge in [-0.2, -0.15) is 4.31 Å². The molecule has 1 saturated heterocycles. The highest BCUT2D eigenvalue weighted by Gasteiger charge is 2.31. The lowest BCUT2D eigenvalue weighted by Gasteiger charge is -2.33. The maximum Gasteiger partial charge on any atom is 0.260 e. The van der Waals surface area contributed by atoms with Crippen LogP contribution >= 0.6 is 22.9 Å². The molecule has 0 aliphatic carbocycles. The Balaban J connectivity index is 1.36. The zero-order valence-corrected chi connectivity index (χ0v) is 17.8. The summed E-state index contributed by atoms with van der Waals surface area (Å²) >= 11 is 6.90. The van der Waals surface area contributed by atoms with E-state index in [2.05, 4.69) is 0 Å². The molecule has 9 heteroatoms. The number of benzene rings is 2. The van der Waals surface area contributed by atoms with Crippen molar-refractivity contribution in [3.05, 3.63) is 58.9 Å². The second-order valence-electron chi connectivity index (χ2n) is 6.61. The van der Waals surface area contributed by atoms with E-state index < -0.39 is 10.0 Å². The minimum Gasteiger partial charge on any atom is -0.483 e. The summed E-state index contributed by atoms with van der Waals surface area (Å²) in [5.41, 5.74) is 0. The fraction of sp³-hybridized carbons (Fsp3) is 0.250. The predicted molar refractivity (Wildman–Crippen MR) is 114 cm³/mol. The molecule has 1 aromatic heterocycles. The zero-order valence-electron chi connectivity index (χ0n) is 15.5. The van der Waals surface area contributed by atoms with E-state index >= 15 is 0 Å². The number of thiophene rings is 1. The molecule has 2 aromatic carbocycles. The minimum atomic E-state index is -3.57. The highest BCUT2D eigenvalue weighted by Crippen LogP contribution is 2.29. The molecule has 0 spiro atoms. The average molecular weight is 451 g/mol. The van der Waals surface area contributed by atoms with Crippen molar-refractivity contribution in [3.63, 3.8) is 0 Å². The fourth-order valence-corrected chi connectivity index (χ4v) is 6.35. The van der Waals surface area contributed by atoms with Gasteiger partial charge in [-0.1, -0.05) is 48.0 Å². The van der Waals surface area contributed by atoms with E-state index in [0.29, 0.717) is 23.2 Å². The summed E-state index contributed by atoms with van der Waals surface area (Å²) in [5, 5.41) is 2.00. The molecule has 0 unspecified atom stereocenters. The molecule has 0 radical (unpaired) electrons. The van der Waals surface area contributed by atoms with Crippen LogP contribution in [0.4, 0.5) is 0 Å². The molecule has 0 saturated carbocycles. The standard InChI is InChI=1S/C20H19ClN2O4S2/c21-18-8-9-20(28-18)29(25,26)23-12-10-22(11-13-23)19(24)14-27-17-7-3-5-15-4-1-2-6-16(15)17/h1-9H,10-14H2. The summed E-state index contributed by atoms with van der Waals surface area (Å²) in [6.45, 7) is 1.07. The van der Waals surface area contributed by atoms with E-state index in [9.17, 15) is 13.2 Å². The maximum absolute atomic E-state index is 12.7. The lowest BCUT2D eigenvalue weighted by Crippen LogP contribution is -2.51. The fourth-order valence-electron chi connectivity index (χ4n) is 3.29. The normalized spacial score (nSPS) is 15.6. The molecule has 3 aromatic rings. The third-order valence-electron chi connectivity index (χ3n) is 4.83. The van der Waals surface area contributed by atoms with Gasteiger partial charge in [-0.05, 0) is 23.6 Å². The Labute approximate surface area is 178 Å². The molecule has 0 atom stereocenters. The smallest absolute Gasteiger partial charge is 0.260 e. The molecule has 4 rings (SSSR count). The van der Waals surface area contributed by atoms with Crippen LogP contribution in [0.25, 0.3) is 10.8 Å². The number of halogens is 1. The third-order valence-corrected chi connectivity index (χ3v) is 8.43. The molecule has 29 heavy (non-hydrogen) atoms. The van der Waals surface area contributed by atoms with Crippen molar-refractivity contribution < 1.29 is 17.9 Å². The van der Waals surface area contributed by atoms with Gasteiger partial charge in [-0.15, -0.1) is 11.3 Å². The van der Waals surface area contributed by atoms with Gasteiger partial charge in [0.1, 0.15) is 9.96 Å². The first-order valence-corrected chi connectivity index (χ1v) is 11.7. The number of sulfonamides is 1. The monoisotopic (exact) mass is 450 g/mol. The van der Waals surface area contributed by atoms with Crippen LogP contribution in [0.15, 0.2) is 58.8 Å². The predicted octanol–water partition coefficient (Wildman–Crippen LogP) is 3.47. The van der Waals surface area contributed by atoms with Gasteiger partial charge in [0.05, 0.1) is 4.34 Å². The Hall–Kier alpha value is -2.13. The highest BCUT2D eigenvalue weighted by atomic mass is 35.5. The van der Waals surface area contributed by atoms with E-state index in [-0.39, 0.29) is 29.8 Å². The third kappa shape index (κ3) is 4.25. The number of rotatable bonds is 5. The number of carbonyl (C=O) groups excluding carboxylic acids is 1. The molecular formula is C20H19ClN2O4S2. The summed E-state index contributed by atoms with van der Waals surface area (Å²) in [6.07, 6.45) is 0. The second kappa shape index (κ2) is 8.31. The van der Waals surface area contributed by atoms with Gasteiger partial charge in [0, 0.05) is 31.6 Å². The zero-order chi connectivity index (χ0) is 20.4. The molecule has 1 aliphatic rings. The molecule has 1 aliphatic heterocycles. The molecule has 0 N–H and O–H groups in total. The quantitative estimate of drug-likeness (QED) is 0.597. The Morgan fingerprint density at radius 3 is 2.45 bits per heavy atom. The number of hydrogen-bond donors (Lipinski definition) is 0. The van der Waals surface area contributed by atoms with Crippen LogP contribution in [-0.2, 0) is 14.8 Å². The molecule has 152 valence electrons. The summed E-state index contributed by atoms with van der Waals surface area (Å²) in [4.78, 5) is 14.2. The summed E-state index contributed by atoms with van der Waals surface area (Å²) < 4.78 is 33.1. The topological polar surface area (TPSA) is 66.9 Å². The van der Waals surface area contributed by atoms with Crippen molar-refractivity contribution in [1.82, 2.24) is 9.21 Å². The van der Waals surface area contributed by atoms with Crippen molar-refractivity contribution in [2.24, 2.45) is 0 Å². The first-order valence-electron chi connectivity index (χ1n) is 9.09. The highest BCUT2D eigenvalue weighted by molar-refractivity contribution is 7.91. The molecular weight excluding hydrogens is 432 g/mol. The van der Waals surface area contributed by atoms with Crippen LogP contribution < -0.4 is 4.74 Å². The average Bonchev–Trinajstić information content (AvgIpc) is 3.19. The van der Waals surface area contributed by atoms with Crippen LogP contribution in [0.1, 0.15) is 0 Å². The van der Waals surface area contributed by atoms with Crippen LogP contribution in [0.5, 0.6) is 5.75 Å². The van der Waals surface area contributed by atoms with Gasteiger partial charge in [0.25, 0.3) is 15.9 Å². The second-order valence-corrected chi connectivity index (χ2v) is 10.5. The van der Waals surface area contributed by atoms with Crippen LogP contribution in [-0.4, -0.2) is 56.3 Å². The summed E-state index contributed by atoms with van der Waals surface area (Å²) in [6, 6.07) is 16.6. The number of piperazine rings is 1. The van der Waals surface area contributed by atoms with Gasteiger partial charge in [-0.3, -0.25) is 4.79 Å². The van der Waals surface area contributed by atoms with Crippen LogP contribution in [0.2, 0.25) is 4.34 Å². The van der Waals surface area contributed by atoms with E-state index in [1.807, 2.05) is 42.5 Å². The van der Waals surface area contributed by atoms with Crippen molar-refractivity contribution in [3.8, 4) is 5.75 Å². The van der Waals surface area contributed by atoms with E-state index in [1.54, 1.807) is 11.0 Å². The van der Waals surface area contributed by atoms with Crippen LogP contribution in [0.3, 0.4) is 0 Å². The van der Waals surface area contributed by atoms with E-state index in [4.69, 9.17) is 16.3 Å². The number of nitrogens with zero attached hydrogens (tertiary/aromatic N) is 2. The van der Waals surface area contributed by atoms with E-state index in [0.717, 1.165) is 22.1 Å². The lowest BCUT2D eigenvalue weighted by molar-refractivity contribution is -0.134.